The van der Waals surface area contributed by atoms with Gasteiger partial charge in [0.25, 0.3) is 11.8 Å². The van der Waals surface area contributed by atoms with Crippen molar-refractivity contribution in [3.05, 3.63) is 59.4 Å². The summed E-state index contributed by atoms with van der Waals surface area (Å²) < 4.78 is 13.8. The Labute approximate surface area is 143 Å². The zero-order valence-corrected chi connectivity index (χ0v) is 13.7. The van der Waals surface area contributed by atoms with Crippen LogP contribution in [0.25, 0.3) is 0 Å². The summed E-state index contributed by atoms with van der Waals surface area (Å²) in [5.74, 6) is -2.76. The molecule has 0 unspecified atom stereocenters. The van der Waals surface area contributed by atoms with Gasteiger partial charge >= 0.3 is 0 Å². The number of nitrogens with one attached hydrogen (secondary N) is 1. The molecule has 0 radical (unpaired) electrons. The van der Waals surface area contributed by atoms with Gasteiger partial charge in [-0.05, 0) is 36.4 Å². The number of nitrogens with zero attached hydrogens (tertiary/aromatic N) is 2. The number of imide groups is 1. The van der Waals surface area contributed by atoms with Crippen molar-refractivity contribution >= 4 is 29.1 Å². The molecule has 1 N–H and O–H groups in total. The second-order valence-corrected chi connectivity index (χ2v) is 5.85. The van der Waals surface area contributed by atoms with Gasteiger partial charge in [-0.1, -0.05) is 6.07 Å². The van der Waals surface area contributed by atoms with Crippen LogP contribution in [0.2, 0.25) is 0 Å². The summed E-state index contributed by atoms with van der Waals surface area (Å²) in [5, 5.41) is 2.62. The summed E-state index contributed by atoms with van der Waals surface area (Å²) >= 11 is 0. The molecular formula is C18H16FN3O3. The first-order valence-corrected chi connectivity index (χ1v) is 7.60. The van der Waals surface area contributed by atoms with Crippen LogP contribution in [-0.4, -0.2) is 43.3 Å². The highest BCUT2D eigenvalue weighted by molar-refractivity contribution is 6.22. The van der Waals surface area contributed by atoms with Crippen molar-refractivity contribution in [3.63, 3.8) is 0 Å². The molecule has 0 fully saturated rings. The third kappa shape index (κ3) is 3.08. The lowest BCUT2D eigenvalue weighted by atomic mass is 10.1. The number of amides is 3. The minimum atomic E-state index is -0.795. The van der Waals surface area contributed by atoms with Crippen LogP contribution in [0, 0.1) is 5.82 Å². The van der Waals surface area contributed by atoms with Crippen molar-refractivity contribution in [3.8, 4) is 0 Å². The first-order chi connectivity index (χ1) is 11.9. The highest BCUT2D eigenvalue weighted by atomic mass is 19.1. The molecule has 25 heavy (non-hydrogen) atoms. The van der Waals surface area contributed by atoms with Crippen molar-refractivity contribution in [2.45, 2.75) is 0 Å². The molecule has 1 aliphatic heterocycles. The molecule has 0 aliphatic carbocycles. The monoisotopic (exact) mass is 341 g/mol. The quantitative estimate of drug-likeness (QED) is 0.865. The lowest BCUT2D eigenvalue weighted by molar-refractivity contribution is -0.116. The number of hydrogen-bond acceptors (Lipinski definition) is 4. The van der Waals surface area contributed by atoms with E-state index in [-0.39, 0.29) is 11.1 Å². The normalized spacial score (nSPS) is 13.0. The Bertz CT molecular complexity index is 862. The minimum absolute atomic E-state index is 0.0202. The van der Waals surface area contributed by atoms with Crippen LogP contribution < -0.4 is 10.2 Å². The number of anilines is 2. The molecule has 0 bridgehead atoms. The van der Waals surface area contributed by atoms with Gasteiger partial charge in [0, 0.05) is 25.5 Å². The van der Waals surface area contributed by atoms with Crippen molar-refractivity contribution in [2.75, 3.05) is 30.9 Å². The van der Waals surface area contributed by atoms with Crippen LogP contribution in [0.5, 0.6) is 0 Å². The summed E-state index contributed by atoms with van der Waals surface area (Å²) in [7, 11) is 3.80. The van der Waals surface area contributed by atoms with E-state index in [1.165, 1.54) is 12.1 Å². The number of rotatable bonds is 4. The van der Waals surface area contributed by atoms with Crippen molar-refractivity contribution in [2.24, 2.45) is 0 Å². The lowest BCUT2D eigenvalue weighted by Gasteiger charge is -2.15. The maximum absolute atomic E-state index is 13.8. The minimum Gasteiger partial charge on any atom is -0.378 e. The second-order valence-electron chi connectivity index (χ2n) is 5.85. The van der Waals surface area contributed by atoms with E-state index in [4.69, 9.17) is 0 Å². The standard InChI is InChI=1S/C18H16FN3O3/c1-21(2)12-8-6-11(7-9-12)20-15(23)10-22-17(24)13-4-3-5-14(19)16(13)18(22)25/h3-9H,10H2,1-2H3,(H,20,23). The van der Waals surface area contributed by atoms with Gasteiger partial charge in [-0.3, -0.25) is 19.3 Å². The van der Waals surface area contributed by atoms with E-state index in [1.807, 2.05) is 31.1 Å². The molecule has 128 valence electrons. The van der Waals surface area contributed by atoms with Crippen LogP contribution in [0.4, 0.5) is 15.8 Å². The van der Waals surface area contributed by atoms with Crippen molar-refractivity contribution in [1.29, 1.82) is 0 Å². The number of hydrogen-bond donors (Lipinski definition) is 1. The molecule has 2 aromatic carbocycles. The van der Waals surface area contributed by atoms with Crippen LogP contribution in [0.15, 0.2) is 42.5 Å². The summed E-state index contributed by atoms with van der Waals surface area (Å²) in [6.07, 6.45) is 0. The van der Waals surface area contributed by atoms with Crippen LogP contribution >= 0.6 is 0 Å². The van der Waals surface area contributed by atoms with E-state index in [2.05, 4.69) is 5.32 Å². The van der Waals surface area contributed by atoms with E-state index < -0.39 is 30.1 Å². The summed E-state index contributed by atoms with van der Waals surface area (Å²) in [6, 6.07) is 10.9. The van der Waals surface area contributed by atoms with E-state index in [9.17, 15) is 18.8 Å². The zero-order chi connectivity index (χ0) is 18.1. The van der Waals surface area contributed by atoms with E-state index in [0.29, 0.717) is 5.69 Å². The van der Waals surface area contributed by atoms with E-state index in [0.717, 1.165) is 16.7 Å². The Morgan fingerprint density at radius 3 is 2.36 bits per heavy atom. The smallest absolute Gasteiger partial charge is 0.265 e. The Kier molecular flexibility index (Phi) is 4.22. The molecule has 0 spiro atoms. The van der Waals surface area contributed by atoms with Gasteiger partial charge in [0.05, 0.1) is 11.1 Å². The molecule has 0 saturated carbocycles. The van der Waals surface area contributed by atoms with Crippen LogP contribution in [0.3, 0.4) is 0 Å². The van der Waals surface area contributed by atoms with Gasteiger partial charge in [0.2, 0.25) is 5.91 Å². The van der Waals surface area contributed by atoms with Gasteiger partial charge in [-0.25, -0.2) is 4.39 Å². The molecular weight excluding hydrogens is 325 g/mol. The molecule has 6 nitrogen and oxygen atoms in total. The fourth-order valence-electron chi connectivity index (χ4n) is 2.62. The first kappa shape index (κ1) is 16.6. The molecule has 0 aromatic heterocycles. The SMILES string of the molecule is CN(C)c1ccc(NC(=O)CN2C(=O)c3cccc(F)c3C2=O)cc1. The predicted molar refractivity (Wildman–Crippen MR) is 91.2 cm³/mol. The third-order valence-corrected chi connectivity index (χ3v) is 3.92. The molecule has 1 aliphatic rings. The van der Waals surface area contributed by atoms with Gasteiger partial charge < -0.3 is 10.2 Å². The Balaban J connectivity index is 1.71. The summed E-state index contributed by atoms with van der Waals surface area (Å²) in [6.45, 7) is -0.471. The van der Waals surface area contributed by atoms with Gasteiger partial charge in [-0.2, -0.15) is 0 Å². The topological polar surface area (TPSA) is 69.7 Å². The zero-order valence-electron chi connectivity index (χ0n) is 13.7. The van der Waals surface area contributed by atoms with E-state index in [1.54, 1.807) is 12.1 Å². The van der Waals surface area contributed by atoms with Gasteiger partial charge in [0.1, 0.15) is 12.4 Å². The highest BCUT2D eigenvalue weighted by Gasteiger charge is 2.38. The fraction of sp³-hybridized carbons (Fsp3) is 0.167. The number of fused-ring (bicyclic) bond motifs is 1. The molecule has 1 heterocycles. The number of carbonyl (C=O) groups is 3. The van der Waals surface area contributed by atoms with Crippen LogP contribution in [0.1, 0.15) is 20.7 Å². The predicted octanol–water partition coefficient (Wildman–Crippen LogP) is 2.13. The fourth-order valence-corrected chi connectivity index (χ4v) is 2.62. The largest absolute Gasteiger partial charge is 0.378 e. The maximum atomic E-state index is 13.8. The van der Waals surface area contributed by atoms with Crippen LogP contribution in [-0.2, 0) is 4.79 Å². The van der Waals surface area contributed by atoms with Gasteiger partial charge in [-0.15, -0.1) is 0 Å². The Morgan fingerprint density at radius 1 is 1.08 bits per heavy atom. The summed E-state index contributed by atoms with van der Waals surface area (Å²) in [4.78, 5) is 39.3. The van der Waals surface area contributed by atoms with E-state index >= 15 is 0 Å². The number of halogens is 1. The average Bonchev–Trinajstić information content (AvgIpc) is 2.81. The van der Waals surface area contributed by atoms with Crippen molar-refractivity contribution < 1.29 is 18.8 Å². The molecule has 0 saturated heterocycles. The average molecular weight is 341 g/mol. The molecule has 2 aromatic rings. The Hall–Kier alpha value is -3.22. The maximum Gasteiger partial charge on any atom is 0.265 e. The second kappa shape index (κ2) is 6.35. The highest BCUT2D eigenvalue weighted by Crippen LogP contribution is 2.25. The molecule has 7 heteroatoms. The van der Waals surface area contributed by atoms with Crippen molar-refractivity contribution in [1.82, 2.24) is 4.90 Å². The molecule has 3 rings (SSSR count). The molecule has 3 amide bonds. The lowest BCUT2D eigenvalue weighted by Crippen LogP contribution is -2.37. The Morgan fingerprint density at radius 2 is 1.76 bits per heavy atom. The van der Waals surface area contributed by atoms with Gasteiger partial charge in [0.15, 0.2) is 0 Å². The number of carbonyl (C=O) groups excluding carboxylic acids is 3. The number of benzene rings is 2. The molecule has 0 atom stereocenters. The summed E-state index contributed by atoms with van der Waals surface area (Å²) in [5.41, 5.74) is 1.20. The first-order valence-electron chi connectivity index (χ1n) is 7.60. The third-order valence-electron chi connectivity index (χ3n) is 3.92.